The van der Waals surface area contributed by atoms with E-state index in [1.54, 1.807) is 16.4 Å². The van der Waals surface area contributed by atoms with Gasteiger partial charge < -0.3 is 19.9 Å². The van der Waals surface area contributed by atoms with Crippen molar-refractivity contribution in [2.75, 3.05) is 18.4 Å². The van der Waals surface area contributed by atoms with Gasteiger partial charge in [0.15, 0.2) is 11.4 Å². The van der Waals surface area contributed by atoms with Crippen LogP contribution < -0.4 is 10.9 Å². The van der Waals surface area contributed by atoms with E-state index in [0.29, 0.717) is 42.9 Å². The van der Waals surface area contributed by atoms with Crippen LogP contribution in [0, 0.1) is 12.8 Å². The van der Waals surface area contributed by atoms with Gasteiger partial charge >= 0.3 is 6.18 Å². The highest BCUT2D eigenvalue weighted by Gasteiger charge is 2.64. The number of hydrogen-bond acceptors (Lipinski definition) is 8. The Morgan fingerprint density at radius 2 is 1.96 bits per heavy atom. The van der Waals surface area contributed by atoms with E-state index in [4.69, 9.17) is 11.6 Å². The second kappa shape index (κ2) is 10.2. The number of fused-ring (bicyclic) bond motifs is 6. The van der Waals surface area contributed by atoms with E-state index in [1.807, 2.05) is 0 Å². The fourth-order valence-corrected chi connectivity index (χ4v) is 7.53. The quantitative estimate of drug-likeness (QED) is 0.323. The van der Waals surface area contributed by atoms with Crippen LogP contribution in [0.5, 0.6) is 5.75 Å². The molecule has 1 aliphatic heterocycles. The number of carbonyl (C=O) groups is 2. The highest BCUT2D eigenvalue weighted by atomic mass is 79.9. The summed E-state index contributed by atoms with van der Waals surface area (Å²) in [6.07, 6.45) is -1.64. The number of hydrogen-bond donors (Lipinski definition) is 2. The van der Waals surface area contributed by atoms with Gasteiger partial charge in [-0.2, -0.15) is 22.7 Å². The van der Waals surface area contributed by atoms with Gasteiger partial charge in [0.2, 0.25) is 16.4 Å². The highest BCUT2D eigenvalue weighted by Crippen LogP contribution is 2.67. The Bertz CT molecular complexity index is 1990. The number of piperidine rings is 1. The van der Waals surface area contributed by atoms with Crippen molar-refractivity contribution in [3.8, 4) is 5.75 Å². The zero-order valence-corrected chi connectivity index (χ0v) is 25.7. The van der Waals surface area contributed by atoms with Crippen molar-refractivity contribution in [2.24, 2.45) is 5.92 Å². The van der Waals surface area contributed by atoms with Gasteiger partial charge in [0.1, 0.15) is 12.9 Å². The number of amides is 2. The first-order chi connectivity index (χ1) is 21.3. The van der Waals surface area contributed by atoms with Gasteiger partial charge in [-0.3, -0.25) is 14.4 Å². The summed E-state index contributed by atoms with van der Waals surface area (Å²) in [5, 5.41) is 16.9. The van der Waals surface area contributed by atoms with Crippen LogP contribution in [-0.4, -0.2) is 64.0 Å². The van der Waals surface area contributed by atoms with E-state index < -0.39 is 29.0 Å². The number of halogens is 5. The molecular formula is C28H23BrClF3N8O4. The second-order valence-electron chi connectivity index (χ2n) is 11.5. The monoisotopic (exact) mass is 706 g/mol. The summed E-state index contributed by atoms with van der Waals surface area (Å²) in [5.41, 5.74) is -0.437. The lowest BCUT2D eigenvalue weighted by Gasteiger charge is -2.41. The molecule has 2 atom stereocenters. The molecule has 45 heavy (non-hydrogen) atoms. The Balaban J connectivity index is 1.21. The van der Waals surface area contributed by atoms with Crippen LogP contribution in [-0.2, 0) is 22.9 Å². The van der Waals surface area contributed by atoms with E-state index >= 15 is 0 Å². The molecule has 234 valence electrons. The first kappa shape index (κ1) is 29.6. The summed E-state index contributed by atoms with van der Waals surface area (Å²) in [5.74, 6) is -1.04. The molecular weight excluding hydrogens is 685 g/mol. The molecule has 3 aliphatic rings. The number of carbonyl (C=O) groups excluding carboxylic acids is 2. The fourth-order valence-electron chi connectivity index (χ4n) is 6.98. The van der Waals surface area contributed by atoms with Crippen molar-refractivity contribution < 1.29 is 27.9 Å². The van der Waals surface area contributed by atoms with Crippen LogP contribution in [0.15, 0.2) is 34.1 Å². The number of aromatic hydroxyl groups is 1. The van der Waals surface area contributed by atoms with Gasteiger partial charge in [-0.1, -0.05) is 11.6 Å². The Labute approximate surface area is 265 Å². The average molecular weight is 708 g/mol. The number of benzene rings is 1. The molecule has 0 radical (unpaired) electrons. The van der Waals surface area contributed by atoms with Crippen molar-refractivity contribution in [1.29, 1.82) is 0 Å². The third-order valence-electron chi connectivity index (χ3n) is 9.13. The van der Waals surface area contributed by atoms with Crippen molar-refractivity contribution in [3.63, 3.8) is 0 Å². The number of rotatable bonds is 4. The molecule has 4 heterocycles. The van der Waals surface area contributed by atoms with Gasteiger partial charge in [-0.25, -0.2) is 9.97 Å². The Hall–Kier alpha value is -4.05. The van der Waals surface area contributed by atoms with Crippen molar-refractivity contribution in [2.45, 2.75) is 50.2 Å². The van der Waals surface area contributed by atoms with Crippen LogP contribution in [0.2, 0.25) is 5.02 Å². The zero-order valence-electron chi connectivity index (χ0n) is 23.4. The average Bonchev–Trinajstić information content (AvgIpc) is 3.62. The molecule has 1 saturated carbocycles. The topological polar surface area (TPSA) is 148 Å². The largest absolute Gasteiger partial charge is 0.504 e. The number of aryl methyl sites for hydroxylation is 1. The van der Waals surface area contributed by atoms with Crippen LogP contribution in [0.3, 0.4) is 0 Å². The van der Waals surface area contributed by atoms with Gasteiger partial charge in [0.05, 0.1) is 22.0 Å². The molecule has 1 spiro atoms. The van der Waals surface area contributed by atoms with E-state index in [1.165, 1.54) is 6.33 Å². The molecule has 2 fully saturated rings. The van der Waals surface area contributed by atoms with E-state index in [9.17, 15) is 32.7 Å². The van der Waals surface area contributed by atoms with E-state index in [0.717, 1.165) is 29.1 Å². The molecule has 1 aromatic carbocycles. The normalized spacial score (nSPS) is 19.9. The third-order valence-corrected chi connectivity index (χ3v) is 9.78. The molecule has 2 N–H and O–H groups in total. The van der Waals surface area contributed by atoms with Crippen molar-refractivity contribution in [1.82, 2.24) is 34.0 Å². The summed E-state index contributed by atoms with van der Waals surface area (Å²) in [4.78, 5) is 54.4. The fraction of sp³-hybridized carbons (Fsp3) is 0.393. The van der Waals surface area contributed by atoms with Crippen LogP contribution >= 0.6 is 27.5 Å². The van der Waals surface area contributed by atoms with Gasteiger partial charge in [0, 0.05) is 35.7 Å². The van der Waals surface area contributed by atoms with Gasteiger partial charge in [-0.15, -0.1) is 5.10 Å². The maximum Gasteiger partial charge on any atom is 0.416 e. The minimum Gasteiger partial charge on any atom is -0.504 e. The molecule has 12 nitrogen and oxygen atoms in total. The summed E-state index contributed by atoms with van der Waals surface area (Å²) in [6.45, 7) is 1.91. The molecule has 7 rings (SSSR count). The summed E-state index contributed by atoms with van der Waals surface area (Å²) in [7, 11) is 0. The molecule has 17 heteroatoms. The predicted molar refractivity (Wildman–Crippen MR) is 156 cm³/mol. The molecule has 4 aromatic rings. The molecule has 1 saturated heterocycles. The third kappa shape index (κ3) is 4.67. The molecule has 2 aliphatic carbocycles. The predicted octanol–water partition coefficient (Wildman–Crippen LogP) is 4.06. The van der Waals surface area contributed by atoms with Gasteiger partial charge in [-0.05, 0) is 66.2 Å². The first-order valence-electron chi connectivity index (χ1n) is 14.0. The molecule has 0 bridgehead atoms. The molecule has 3 aromatic heterocycles. The zero-order chi connectivity index (χ0) is 32.0. The minimum absolute atomic E-state index is 0.00810. The number of nitrogens with zero attached hydrogens (tertiary/aromatic N) is 7. The lowest BCUT2D eigenvalue weighted by atomic mass is 9.71. The summed E-state index contributed by atoms with van der Waals surface area (Å²) < 4.78 is 42.2. The van der Waals surface area contributed by atoms with Crippen molar-refractivity contribution >= 4 is 50.8 Å². The lowest BCUT2D eigenvalue weighted by Crippen LogP contribution is -2.48. The molecule has 2 amide bonds. The highest BCUT2D eigenvalue weighted by molar-refractivity contribution is 9.10. The second-order valence-corrected chi connectivity index (χ2v) is 12.7. The summed E-state index contributed by atoms with van der Waals surface area (Å²) in [6, 6.07) is 2.66. The number of anilines is 1. The number of nitrogens with one attached hydrogen (secondary N) is 1. The standard InChI is InChI=1S/C28H23BrClF3N8O4/c1-12-22(43)20(35-11-34-12)24(45)39-6-4-27(5-7-39)15-9-14(15)21-19(27)23(44)41-26(37-25(29)38-41)40(21)10-18(42)36-17-3-2-13(8-16(17)30)28(31,32)33/h2-3,8,11,14-15,43H,4-7,9-10H2,1H3,(H,36,42)/t14?,15-/m1/s1. The number of aromatic nitrogens is 6. The maximum absolute atomic E-state index is 14.0. The van der Waals surface area contributed by atoms with E-state index in [-0.39, 0.29) is 56.6 Å². The van der Waals surface area contributed by atoms with E-state index in [2.05, 4.69) is 41.3 Å². The molecule has 1 unspecified atom stereocenters. The Kier molecular flexibility index (Phi) is 6.74. The minimum atomic E-state index is -4.59. The van der Waals surface area contributed by atoms with Crippen LogP contribution in [0.1, 0.15) is 58.2 Å². The number of likely N-dealkylation sites (tertiary alicyclic amines) is 1. The number of alkyl halides is 3. The SMILES string of the molecule is Cc1ncnc(C(=O)N2CCC3(CC2)c2c(n(CC(=O)Nc4ccc(C(F)(F)F)cc4Cl)c4nc(Br)nn4c2=O)C2C[C@H]23)c1O. The van der Waals surface area contributed by atoms with Crippen LogP contribution in [0.25, 0.3) is 5.78 Å². The first-order valence-corrected chi connectivity index (χ1v) is 15.1. The maximum atomic E-state index is 14.0. The van der Waals surface area contributed by atoms with Crippen LogP contribution in [0.4, 0.5) is 18.9 Å². The Morgan fingerprint density at radius 3 is 2.64 bits per heavy atom. The Morgan fingerprint density at radius 1 is 1.22 bits per heavy atom. The van der Waals surface area contributed by atoms with Gasteiger partial charge in [0.25, 0.3) is 11.5 Å². The smallest absolute Gasteiger partial charge is 0.416 e. The lowest BCUT2D eigenvalue weighted by molar-refractivity contribution is -0.137. The summed E-state index contributed by atoms with van der Waals surface area (Å²) >= 11 is 9.29. The van der Waals surface area contributed by atoms with Crippen molar-refractivity contribution in [3.05, 3.63) is 72.8 Å².